The monoisotopic (exact) mass is 299 g/mol. The normalized spacial score (nSPS) is 20.4. The minimum absolute atomic E-state index is 0.188. The van der Waals surface area contributed by atoms with Gasteiger partial charge in [0.1, 0.15) is 11.0 Å². The van der Waals surface area contributed by atoms with E-state index in [1.807, 2.05) is 30.1 Å². The Kier molecular flexibility index (Phi) is 3.17. The van der Waals surface area contributed by atoms with E-state index in [1.165, 1.54) is 25.7 Å². The maximum atomic E-state index is 12.5. The standard InChI is InChI=1S/C17H21N3O2/c1-20(13-4-6-17(7-5-13)8-9-17)16(21)11-12-2-3-14-15(10-12)19-22-18-14/h2-3,10,13H,4-9,11H2,1H3. The summed E-state index contributed by atoms with van der Waals surface area (Å²) >= 11 is 0. The Balaban J connectivity index is 1.40. The van der Waals surface area contributed by atoms with Gasteiger partial charge < -0.3 is 4.90 Å². The van der Waals surface area contributed by atoms with Crippen molar-refractivity contribution in [3.8, 4) is 0 Å². The maximum absolute atomic E-state index is 12.5. The highest BCUT2D eigenvalue weighted by Crippen LogP contribution is 2.56. The molecule has 0 bridgehead atoms. The molecule has 1 heterocycles. The summed E-state index contributed by atoms with van der Waals surface area (Å²) in [5, 5.41) is 7.62. The molecule has 2 aliphatic rings. The summed E-state index contributed by atoms with van der Waals surface area (Å²) in [7, 11) is 1.95. The highest BCUT2D eigenvalue weighted by molar-refractivity contribution is 5.81. The van der Waals surface area contributed by atoms with Crippen molar-refractivity contribution in [3.05, 3.63) is 23.8 Å². The first kappa shape index (κ1) is 13.7. The summed E-state index contributed by atoms with van der Waals surface area (Å²) < 4.78 is 4.70. The molecule has 0 N–H and O–H groups in total. The van der Waals surface area contributed by atoms with Gasteiger partial charge in [0.15, 0.2) is 0 Å². The number of carbonyl (C=O) groups excluding carboxylic acids is 1. The summed E-state index contributed by atoms with van der Waals surface area (Å²) in [4.78, 5) is 14.5. The zero-order chi connectivity index (χ0) is 15.2. The first-order valence-electron chi connectivity index (χ1n) is 8.12. The molecule has 4 rings (SSSR count). The van der Waals surface area contributed by atoms with Gasteiger partial charge in [-0.15, -0.1) is 0 Å². The molecule has 2 aromatic rings. The number of likely N-dealkylation sites (N-methyl/N-ethyl adjacent to an activating group) is 1. The first-order valence-corrected chi connectivity index (χ1v) is 8.12. The molecular formula is C17H21N3O2. The number of hydrogen-bond donors (Lipinski definition) is 0. The lowest BCUT2D eigenvalue weighted by Crippen LogP contribution is -2.40. The minimum Gasteiger partial charge on any atom is -0.342 e. The lowest BCUT2D eigenvalue weighted by Gasteiger charge is -2.35. The molecule has 2 fully saturated rings. The summed E-state index contributed by atoms with van der Waals surface area (Å²) in [6, 6.07) is 6.08. The molecule has 5 nitrogen and oxygen atoms in total. The van der Waals surface area contributed by atoms with Gasteiger partial charge in [0.2, 0.25) is 5.91 Å². The van der Waals surface area contributed by atoms with Crippen molar-refractivity contribution < 1.29 is 9.42 Å². The van der Waals surface area contributed by atoms with Crippen LogP contribution >= 0.6 is 0 Å². The molecule has 2 saturated carbocycles. The second-order valence-electron chi connectivity index (χ2n) is 7.00. The molecule has 22 heavy (non-hydrogen) atoms. The van der Waals surface area contributed by atoms with Crippen LogP contribution in [0, 0.1) is 5.41 Å². The van der Waals surface area contributed by atoms with Crippen molar-refractivity contribution in [3.63, 3.8) is 0 Å². The number of nitrogens with zero attached hydrogens (tertiary/aromatic N) is 3. The number of benzene rings is 1. The minimum atomic E-state index is 0.188. The lowest BCUT2D eigenvalue weighted by molar-refractivity contribution is -0.132. The van der Waals surface area contributed by atoms with Gasteiger partial charge in [0, 0.05) is 13.1 Å². The molecule has 5 heteroatoms. The second kappa shape index (κ2) is 5.07. The smallest absolute Gasteiger partial charge is 0.226 e. The Morgan fingerprint density at radius 2 is 1.95 bits per heavy atom. The molecule has 0 unspecified atom stereocenters. The Morgan fingerprint density at radius 3 is 2.68 bits per heavy atom. The fourth-order valence-electron chi connectivity index (χ4n) is 3.72. The largest absolute Gasteiger partial charge is 0.342 e. The number of aromatic nitrogens is 2. The van der Waals surface area contributed by atoms with E-state index in [0.717, 1.165) is 23.9 Å². The first-order chi connectivity index (χ1) is 10.7. The quantitative estimate of drug-likeness (QED) is 0.874. The molecule has 1 aromatic carbocycles. The van der Waals surface area contributed by atoms with Crippen LogP contribution in [0.3, 0.4) is 0 Å². The highest BCUT2D eigenvalue weighted by atomic mass is 16.6. The van der Waals surface area contributed by atoms with Gasteiger partial charge in [-0.1, -0.05) is 6.07 Å². The fraction of sp³-hybridized carbons (Fsp3) is 0.588. The van der Waals surface area contributed by atoms with Crippen molar-refractivity contribution in [1.82, 2.24) is 15.2 Å². The van der Waals surface area contributed by atoms with E-state index in [4.69, 9.17) is 4.63 Å². The molecule has 116 valence electrons. The molecule has 1 aromatic heterocycles. The molecule has 0 radical (unpaired) electrons. The van der Waals surface area contributed by atoms with Crippen molar-refractivity contribution in [2.24, 2.45) is 5.41 Å². The molecule has 0 aliphatic heterocycles. The Labute approximate surface area is 129 Å². The molecule has 0 atom stereocenters. The molecule has 2 aliphatic carbocycles. The van der Waals surface area contributed by atoms with E-state index in [0.29, 0.717) is 23.4 Å². The average molecular weight is 299 g/mol. The molecule has 1 spiro atoms. The van der Waals surface area contributed by atoms with Gasteiger partial charge in [-0.3, -0.25) is 4.79 Å². The van der Waals surface area contributed by atoms with Gasteiger partial charge in [0.25, 0.3) is 0 Å². The van der Waals surface area contributed by atoms with Crippen molar-refractivity contribution >= 4 is 16.9 Å². The van der Waals surface area contributed by atoms with Crippen LogP contribution in [0.5, 0.6) is 0 Å². The molecule has 1 amide bonds. The number of carbonyl (C=O) groups is 1. The van der Waals surface area contributed by atoms with Crippen LogP contribution < -0.4 is 0 Å². The van der Waals surface area contributed by atoms with Crippen LogP contribution in [-0.2, 0) is 11.2 Å². The van der Waals surface area contributed by atoms with Crippen LogP contribution in [0.25, 0.3) is 11.0 Å². The van der Waals surface area contributed by atoms with E-state index in [9.17, 15) is 4.79 Å². The van der Waals surface area contributed by atoms with Crippen molar-refractivity contribution in [1.29, 1.82) is 0 Å². The Bertz CT molecular complexity index is 695. The van der Waals surface area contributed by atoms with Gasteiger partial charge in [-0.05, 0) is 71.9 Å². The lowest BCUT2D eigenvalue weighted by atomic mass is 9.83. The van der Waals surface area contributed by atoms with Crippen LogP contribution in [-0.4, -0.2) is 34.2 Å². The van der Waals surface area contributed by atoms with Crippen LogP contribution in [0.1, 0.15) is 44.1 Å². The second-order valence-corrected chi connectivity index (χ2v) is 7.00. The third-order valence-electron chi connectivity index (χ3n) is 5.59. The van der Waals surface area contributed by atoms with E-state index in [-0.39, 0.29) is 5.91 Å². The van der Waals surface area contributed by atoms with E-state index < -0.39 is 0 Å². The van der Waals surface area contributed by atoms with Gasteiger partial charge in [-0.2, -0.15) is 0 Å². The van der Waals surface area contributed by atoms with Gasteiger partial charge >= 0.3 is 0 Å². The summed E-state index contributed by atoms with van der Waals surface area (Å²) in [6.07, 6.45) is 8.15. The van der Waals surface area contributed by atoms with E-state index in [1.54, 1.807) is 0 Å². The Morgan fingerprint density at radius 1 is 1.23 bits per heavy atom. The van der Waals surface area contributed by atoms with Crippen LogP contribution in [0.15, 0.2) is 22.8 Å². The number of amides is 1. The Hall–Kier alpha value is -1.91. The third kappa shape index (κ3) is 2.49. The number of hydrogen-bond acceptors (Lipinski definition) is 4. The van der Waals surface area contributed by atoms with Gasteiger partial charge in [0.05, 0.1) is 6.42 Å². The average Bonchev–Trinajstić information content (AvgIpc) is 3.11. The van der Waals surface area contributed by atoms with Crippen molar-refractivity contribution in [2.45, 2.75) is 51.0 Å². The van der Waals surface area contributed by atoms with E-state index >= 15 is 0 Å². The number of fused-ring (bicyclic) bond motifs is 1. The SMILES string of the molecule is CN(C(=O)Cc1ccc2nonc2c1)C1CCC2(CC1)CC2. The highest BCUT2D eigenvalue weighted by Gasteiger charge is 2.45. The maximum Gasteiger partial charge on any atom is 0.226 e. The fourth-order valence-corrected chi connectivity index (χ4v) is 3.72. The van der Waals surface area contributed by atoms with Crippen LogP contribution in [0.2, 0.25) is 0 Å². The predicted octanol–water partition coefficient (Wildman–Crippen LogP) is 2.95. The molecular weight excluding hydrogens is 278 g/mol. The predicted molar refractivity (Wildman–Crippen MR) is 82.2 cm³/mol. The number of rotatable bonds is 3. The van der Waals surface area contributed by atoms with Crippen molar-refractivity contribution in [2.75, 3.05) is 7.05 Å². The zero-order valence-corrected chi connectivity index (χ0v) is 12.9. The van der Waals surface area contributed by atoms with Gasteiger partial charge in [-0.25, -0.2) is 4.63 Å². The summed E-state index contributed by atoms with van der Waals surface area (Å²) in [5.74, 6) is 0.188. The molecule has 0 saturated heterocycles. The third-order valence-corrected chi connectivity index (χ3v) is 5.59. The topological polar surface area (TPSA) is 59.2 Å². The van der Waals surface area contributed by atoms with E-state index in [2.05, 4.69) is 10.3 Å². The summed E-state index contributed by atoms with van der Waals surface area (Å²) in [6.45, 7) is 0. The zero-order valence-electron chi connectivity index (χ0n) is 12.9. The van der Waals surface area contributed by atoms with Crippen LogP contribution in [0.4, 0.5) is 0 Å². The summed E-state index contributed by atoms with van der Waals surface area (Å²) in [5.41, 5.74) is 3.08.